The topological polar surface area (TPSA) is 90.9 Å². The number of fused-ring (bicyclic) bond motifs is 2. The van der Waals surface area contributed by atoms with E-state index in [-0.39, 0.29) is 12.2 Å². The van der Waals surface area contributed by atoms with E-state index in [0.29, 0.717) is 5.02 Å². The van der Waals surface area contributed by atoms with Gasteiger partial charge in [0.05, 0.1) is 39.3 Å². The lowest BCUT2D eigenvalue weighted by molar-refractivity contribution is 0.438. The molecule has 0 fully saturated rings. The van der Waals surface area contributed by atoms with Gasteiger partial charge in [-0.15, -0.1) is 11.3 Å². The van der Waals surface area contributed by atoms with Gasteiger partial charge in [0.15, 0.2) is 5.82 Å². The van der Waals surface area contributed by atoms with Crippen molar-refractivity contribution in [2.75, 3.05) is 0 Å². The van der Waals surface area contributed by atoms with E-state index in [1.807, 2.05) is 29.9 Å². The lowest BCUT2D eigenvalue weighted by Gasteiger charge is -2.26. The second-order valence-corrected chi connectivity index (χ2v) is 7.78. The van der Waals surface area contributed by atoms with Crippen LogP contribution in [-0.4, -0.2) is 26.3 Å². The molecule has 28 heavy (non-hydrogen) atoms. The number of rotatable bonds is 4. The van der Waals surface area contributed by atoms with Crippen molar-refractivity contribution in [2.24, 2.45) is 4.99 Å². The Morgan fingerprint density at radius 2 is 2.25 bits per heavy atom. The van der Waals surface area contributed by atoms with Gasteiger partial charge in [0.25, 0.3) is 0 Å². The number of imidazole rings is 1. The normalized spacial score (nSPS) is 16.7. The number of hydrogen-bond donors (Lipinski definition) is 3. The zero-order chi connectivity index (χ0) is 19.1. The first-order chi connectivity index (χ1) is 13.7. The van der Waals surface area contributed by atoms with Gasteiger partial charge in [-0.2, -0.15) is 0 Å². The number of para-hydroxylation sites is 1. The maximum Gasteiger partial charge on any atom is 0.158 e. The Hall–Kier alpha value is -2.81. The minimum atomic E-state index is -0.155. The van der Waals surface area contributed by atoms with E-state index in [2.05, 4.69) is 43.6 Å². The van der Waals surface area contributed by atoms with Gasteiger partial charge in [-0.3, -0.25) is 10.3 Å². The highest BCUT2D eigenvalue weighted by Gasteiger charge is 2.24. The van der Waals surface area contributed by atoms with Crippen LogP contribution in [0.3, 0.4) is 0 Å². The molecule has 0 saturated carbocycles. The molecular weight excluding hydrogens is 394 g/mol. The first kappa shape index (κ1) is 17.3. The lowest BCUT2D eigenvalue weighted by Crippen LogP contribution is -2.37. The SMILES string of the molecule is C[C@H](NC1NC=Nc2[nH]cnc21)c1cc2cccc(Cl)c2nc1-c1cncs1. The van der Waals surface area contributed by atoms with Crippen molar-refractivity contribution in [3.05, 3.63) is 58.6 Å². The average molecular weight is 410 g/mol. The fourth-order valence-corrected chi connectivity index (χ4v) is 4.23. The smallest absolute Gasteiger partial charge is 0.158 e. The number of thiazole rings is 1. The number of aliphatic imine (C=N–C) groups is 1. The molecule has 5 rings (SSSR count). The Morgan fingerprint density at radius 3 is 3.11 bits per heavy atom. The van der Waals surface area contributed by atoms with Crippen molar-refractivity contribution < 1.29 is 0 Å². The summed E-state index contributed by atoms with van der Waals surface area (Å²) in [5.41, 5.74) is 5.40. The van der Waals surface area contributed by atoms with E-state index < -0.39 is 0 Å². The van der Waals surface area contributed by atoms with E-state index >= 15 is 0 Å². The van der Waals surface area contributed by atoms with E-state index in [1.54, 1.807) is 24.0 Å². The Balaban J connectivity index is 1.57. The summed E-state index contributed by atoms with van der Waals surface area (Å²) in [7, 11) is 0. The Morgan fingerprint density at radius 1 is 1.32 bits per heavy atom. The van der Waals surface area contributed by atoms with Gasteiger partial charge in [-0.05, 0) is 24.6 Å². The van der Waals surface area contributed by atoms with E-state index in [0.717, 1.165) is 38.5 Å². The van der Waals surface area contributed by atoms with Crippen LogP contribution >= 0.6 is 22.9 Å². The number of nitrogens with one attached hydrogen (secondary N) is 3. The number of aromatic amines is 1. The molecule has 3 aromatic heterocycles. The summed E-state index contributed by atoms with van der Waals surface area (Å²) in [4.78, 5) is 21.8. The second kappa shape index (κ2) is 6.97. The number of benzene rings is 1. The van der Waals surface area contributed by atoms with Crippen LogP contribution in [-0.2, 0) is 0 Å². The fourth-order valence-electron chi connectivity index (χ4n) is 3.37. The van der Waals surface area contributed by atoms with Crippen LogP contribution in [0.5, 0.6) is 0 Å². The lowest BCUT2D eigenvalue weighted by atomic mass is 10.0. The third-order valence-corrected chi connectivity index (χ3v) is 5.82. The maximum absolute atomic E-state index is 6.40. The van der Waals surface area contributed by atoms with Gasteiger partial charge >= 0.3 is 0 Å². The molecule has 0 amide bonds. The maximum atomic E-state index is 6.40. The molecule has 2 atom stereocenters. The van der Waals surface area contributed by atoms with Crippen LogP contribution in [0.1, 0.15) is 30.4 Å². The van der Waals surface area contributed by atoms with Crippen LogP contribution in [0, 0.1) is 0 Å². The van der Waals surface area contributed by atoms with Gasteiger partial charge in [0.2, 0.25) is 0 Å². The zero-order valence-electron chi connectivity index (χ0n) is 14.8. The van der Waals surface area contributed by atoms with Gasteiger partial charge in [0, 0.05) is 17.6 Å². The molecule has 0 spiro atoms. The first-order valence-electron chi connectivity index (χ1n) is 8.76. The van der Waals surface area contributed by atoms with Crippen LogP contribution in [0.25, 0.3) is 21.5 Å². The summed E-state index contributed by atoms with van der Waals surface area (Å²) in [5, 5.41) is 8.45. The standard InChI is InChI=1S/C19H16ClN7S/c1-10(26-19-17-18(23-7-22-17)24-8-25-19)12-5-11-3-2-4-13(20)15(11)27-16(12)14-6-21-9-28-14/h2-10,19,26H,1H3,(H,22,23)(H,24,25)/t10-,19?/m0/s1. The highest BCUT2D eigenvalue weighted by molar-refractivity contribution is 7.13. The minimum Gasteiger partial charge on any atom is -0.355 e. The van der Waals surface area contributed by atoms with Crippen molar-refractivity contribution in [3.63, 3.8) is 0 Å². The Bertz CT molecular complexity index is 1170. The molecule has 0 bridgehead atoms. The molecule has 4 aromatic rings. The molecule has 3 N–H and O–H groups in total. The van der Waals surface area contributed by atoms with E-state index in [9.17, 15) is 0 Å². The third kappa shape index (κ3) is 2.95. The van der Waals surface area contributed by atoms with Gasteiger partial charge < -0.3 is 10.3 Å². The molecule has 4 heterocycles. The quantitative estimate of drug-likeness (QED) is 0.466. The summed E-state index contributed by atoms with van der Waals surface area (Å²) >= 11 is 7.95. The summed E-state index contributed by atoms with van der Waals surface area (Å²) < 4.78 is 0. The molecule has 0 aliphatic carbocycles. The van der Waals surface area contributed by atoms with Crippen molar-refractivity contribution in [1.29, 1.82) is 0 Å². The van der Waals surface area contributed by atoms with Crippen LogP contribution in [0.2, 0.25) is 5.02 Å². The van der Waals surface area contributed by atoms with Crippen LogP contribution < -0.4 is 10.6 Å². The van der Waals surface area contributed by atoms with Gasteiger partial charge in [-0.1, -0.05) is 23.7 Å². The average Bonchev–Trinajstić information content (AvgIpc) is 3.40. The number of aromatic nitrogens is 4. The van der Waals surface area contributed by atoms with Crippen LogP contribution in [0.4, 0.5) is 5.82 Å². The number of hydrogen-bond acceptors (Lipinski definition) is 7. The Labute approximate surface area is 169 Å². The summed E-state index contributed by atoms with van der Waals surface area (Å²) in [6.07, 6.45) is 5.01. The molecule has 7 nitrogen and oxygen atoms in total. The monoisotopic (exact) mass is 409 g/mol. The molecule has 1 aliphatic heterocycles. The second-order valence-electron chi connectivity index (χ2n) is 6.49. The van der Waals surface area contributed by atoms with Crippen LogP contribution in [0.15, 0.2) is 47.3 Å². The van der Waals surface area contributed by atoms with E-state index in [4.69, 9.17) is 16.6 Å². The highest BCUT2D eigenvalue weighted by atomic mass is 35.5. The molecule has 0 radical (unpaired) electrons. The van der Waals surface area contributed by atoms with Crippen molar-refractivity contribution in [3.8, 4) is 10.6 Å². The number of pyridine rings is 1. The number of nitrogens with zero attached hydrogens (tertiary/aromatic N) is 4. The molecule has 9 heteroatoms. The number of halogens is 1. The summed E-state index contributed by atoms with van der Waals surface area (Å²) in [6.45, 7) is 2.11. The predicted octanol–water partition coefficient (Wildman–Crippen LogP) is 4.35. The van der Waals surface area contributed by atoms with Crippen molar-refractivity contribution >= 4 is 46.0 Å². The van der Waals surface area contributed by atoms with Gasteiger partial charge in [0.1, 0.15) is 11.9 Å². The fraction of sp³-hybridized carbons (Fsp3) is 0.158. The largest absolute Gasteiger partial charge is 0.355 e. The van der Waals surface area contributed by atoms with E-state index in [1.165, 1.54) is 0 Å². The highest BCUT2D eigenvalue weighted by Crippen LogP contribution is 2.35. The van der Waals surface area contributed by atoms with Crippen molar-refractivity contribution in [2.45, 2.75) is 19.1 Å². The van der Waals surface area contributed by atoms with Crippen molar-refractivity contribution in [1.82, 2.24) is 30.6 Å². The molecule has 140 valence electrons. The minimum absolute atomic E-state index is 0.0125. The zero-order valence-corrected chi connectivity index (χ0v) is 16.4. The number of H-pyrrole nitrogens is 1. The third-order valence-electron chi connectivity index (χ3n) is 4.73. The summed E-state index contributed by atoms with van der Waals surface area (Å²) in [5.74, 6) is 0.759. The molecular formula is C19H16ClN7S. The molecule has 1 aliphatic rings. The summed E-state index contributed by atoms with van der Waals surface area (Å²) in [6, 6.07) is 7.96. The van der Waals surface area contributed by atoms with Gasteiger partial charge in [-0.25, -0.2) is 15.0 Å². The molecule has 0 saturated heterocycles. The Kier molecular flexibility index (Phi) is 4.31. The first-order valence-corrected chi connectivity index (χ1v) is 10.0. The molecule has 1 aromatic carbocycles. The molecule has 1 unspecified atom stereocenters. The predicted molar refractivity (Wildman–Crippen MR) is 112 cm³/mol.